The van der Waals surface area contributed by atoms with Crippen LogP contribution < -0.4 is 0 Å². The van der Waals surface area contributed by atoms with Crippen molar-refractivity contribution >= 4 is 23.0 Å². The Bertz CT molecular complexity index is 1460. The molecule has 0 aliphatic carbocycles. The standard InChI is InChI=1S/C20H16ClN9O2/c1-28-8-11(7-24-28)18-25-26-19(32-18)20(31)29-5-4-14-16(23-10-22-14)17(29)15-6-13-3-2-12(21)9-30(13)27-15/h2-3,6-10,17H,4-5H2,1H3,(H,22,23)/t17-/m1/s1. The Kier molecular flexibility index (Phi) is 4.12. The molecule has 12 heteroatoms. The summed E-state index contributed by atoms with van der Waals surface area (Å²) in [7, 11) is 1.79. The van der Waals surface area contributed by atoms with Gasteiger partial charge in [0.1, 0.15) is 6.04 Å². The topological polar surface area (TPSA) is 123 Å². The number of carbonyl (C=O) groups is 1. The molecule has 0 radical (unpaired) electrons. The fourth-order valence-corrected chi connectivity index (χ4v) is 4.15. The van der Waals surface area contributed by atoms with Crippen LogP contribution >= 0.6 is 11.6 Å². The summed E-state index contributed by atoms with van der Waals surface area (Å²) in [5.41, 5.74) is 3.87. The number of hydrogen-bond donors (Lipinski definition) is 1. The van der Waals surface area contributed by atoms with E-state index in [0.29, 0.717) is 29.2 Å². The van der Waals surface area contributed by atoms with Gasteiger partial charge in [0.05, 0.1) is 40.0 Å². The van der Waals surface area contributed by atoms with Gasteiger partial charge in [-0.15, -0.1) is 10.2 Å². The molecule has 1 aliphatic rings. The number of fused-ring (bicyclic) bond motifs is 2. The van der Waals surface area contributed by atoms with Gasteiger partial charge in [-0.1, -0.05) is 11.6 Å². The van der Waals surface area contributed by atoms with Crippen LogP contribution in [0.15, 0.2) is 47.5 Å². The average molecular weight is 450 g/mol. The molecule has 0 fully saturated rings. The van der Waals surface area contributed by atoms with Crippen molar-refractivity contribution < 1.29 is 9.21 Å². The van der Waals surface area contributed by atoms with Gasteiger partial charge in [-0.25, -0.2) is 9.50 Å². The normalized spacial score (nSPS) is 15.9. The second kappa shape index (κ2) is 7.02. The van der Waals surface area contributed by atoms with E-state index in [-0.39, 0.29) is 17.7 Å². The lowest BCUT2D eigenvalue weighted by Crippen LogP contribution is -2.41. The van der Waals surface area contributed by atoms with Crippen molar-refractivity contribution in [1.29, 1.82) is 0 Å². The molecule has 1 N–H and O–H groups in total. The van der Waals surface area contributed by atoms with Crippen LogP contribution in [0.2, 0.25) is 5.02 Å². The molecule has 5 aromatic heterocycles. The SMILES string of the molecule is Cn1cc(-c2nnc(C(=O)N3CCc4[nH]cnc4[C@H]3c3cc4ccc(Cl)cn4n3)o2)cn1. The number of H-pyrrole nitrogens is 1. The van der Waals surface area contributed by atoms with E-state index in [0.717, 1.165) is 16.9 Å². The van der Waals surface area contributed by atoms with Crippen LogP contribution in [0.3, 0.4) is 0 Å². The Morgan fingerprint density at radius 3 is 3.03 bits per heavy atom. The molecule has 5 aromatic rings. The van der Waals surface area contributed by atoms with E-state index >= 15 is 0 Å². The Morgan fingerprint density at radius 2 is 2.19 bits per heavy atom. The first-order valence-electron chi connectivity index (χ1n) is 9.87. The number of carbonyl (C=O) groups excluding carboxylic acids is 1. The van der Waals surface area contributed by atoms with E-state index in [9.17, 15) is 4.79 Å². The van der Waals surface area contributed by atoms with E-state index < -0.39 is 6.04 Å². The van der Waals surface area contributed by atoms with Crippen molar-refractivity contribution in [1.82, 2.24) is 44.5 Å². The second-order valence-electron chi connectivity index (χ2n) is 7.52. The van der Waals surface area contributed by atoms with E-state index in [1.807, 2.05) is 12.1 Å². The smallest absolute Gasteiger partial charge is 0.312 e. The molecule has 160 valence electrons. The number of hydrogen-bond acceptors (Lipinski definition) is 7. The fourth-order valence-electron chi connectivity index (χ4n) is 3.99. The summed E-state index contributed by atoms with van der Waals surface area (Å²) in [6, 6.07) is 5.08. The number of aromatic amines is 1. The van der Waals surface area contributed by atoms with E-state index in [1.54, 1.807) is 52.1 Å². The van der Waals surface area contributed by atoms with Gasteiger partial charge in [0, 0.05) is 38.1 Å². The van der Waals surface area contributed by atoms with Crippen LogP contribution in [0.1, 0.15) is 33.8 Å². The van der Waals surface area contributed by atoms with Crippen molar-refractivity contribution in [3.05, 3.63) is 71.1 Å². The van der Waals surface area contributed by atoms with Gasteiger partial charge in [0.2, 0.25) is 0 Å². The van der Waals surface area contributed by atoms with Crippen LogP contribution in [0, 0.1) is 0 Å². The van der Waals surface area contributed by atoms with Crippen molar-refractivity contribution in [2.75, 3.05) is 6.54 Å². The first-order valence-corrected chi connectivity index (χ1v) is 10.2. The fraction of sp³-hybridized carbons (Fsp3) is 0.200. The monoisotopic (exact) mass is 449 g/mol. The van der Waals surface area contributed by atoms with Gasteiger partial charge < -0.3 is 14.3 Å². The third-order valence-electron chi connectivity index (χ3n) is 5.47. The molecular weight excluding hydrogens is 434 g/mol. The highest BCUT2D eigenvalue weighted by Crippen LogP contribution is 2.34. The summed E-state index contributed by atoms with van der Waals surface area (Å²) in [6.07, 6.45) is 7.32. The van der Waals surface area contributed by atoms with Crippen LogP contribution in [0.25, 0.3) is 17.0 Å². The lowest BCUT2D eigenvalue weighted by atomic mass is 9.99. The molecule has 32 heavy (non-hydrogen) atoms. The zero-order chi connectivity index (χ0) is 21.8. The molecule has 1 aliphatic heterocycles. The van der Waals surface area contributed by atoms with Crippen LogP contribution in [-0.4, -0.2) is 56.9 Å². The maximum Gasteiger partial charge on any atom is 0.312 e. The van der Waals surface area contributed by atoms with Crippen molar-refractivity contribution in [3.8, 4) is 11.5 Å². The molecule has 0 saturated carbocycles. The largest absolute Gasteiger partial charge is 0.412 e. The first kappa shape index (κ1) is 18.8. The molecule has 0 unspecified atom stereocenters. The minimum Gasteiger partial charge on any atom is -0.412 e. The summed E-state index contributed by atoms with van der Waals surface area (Å²) in [4.78, 5) is 22.8. The number of imidazole rings is 1. The number of aryl methyl sites for hydroxylation is 1. The Morgan fingerprint density at radius 1 is 1.28 bits per heavy atom. The van der Waals surface area contributed by atoms with E-state index in [4.69, 9.17) is 16.0 Å². The summed E-state index contributed by atoms with van der Waals surface area (Å²) in [6.45, 7) is 0.442. The minimum atomic E-state index is -0.509. The molecule has 6 heterocycles. The third-order valence-corrected chi connectivity index (χ3v) is 5.69. The van der Waals surface area contributed by atoms with Crippen LogP contribution in [0.4, 0.5) is 0 Å². The molecule has 0 spiro atoms. The lowest BCUT2D eigenvalue weighted by molar-refractivity contribution is 0.0646. The Labute approximate surface area is 185 Å². The molecule has 11 nitrogen and oxygen atoms in total. The highest BCUT2D eigenvalue weighted by molar-refractivity contribution is 6.30. The minimum absolute atomic E-state index is 0.0975. The van der Waals surface area contributed by atoms with Crippen molar-refractivity contribution in [2.24, 2.45) is 7.05 Å². The van der Waals surface area contributed by atoms with Crippen molar-refractivity contribution in [2.45, 2.75) is 12.5 Å². The number of halogens is 1. The van der Waals surface area contributed by atoms with Gasteiger partial charge in [0.25, 0.3) is 5.89 Å². The average Bonchev–Trinajstić information content (AvgIpc) is 3.57. The van der Waals surface area contributed by atoms with E-state index in [1.165, 1.54) is 0 Å². The second-order valence-corrected chi connectivity index (χ2v) is 7.95. The molecular formula is C20H16ClN9O2. The molecule has 0 aromatic carbocycles. The Hall–Kier alpha value is -3.99. The van der Waals surface area contributed by atoms with Gasteiger partial charge in [-0.2, -0.15) is 10.2 Å². The maximum absolute atomic E-state index is 13.4. The summed E-state index contributed by atoms with van der Waals surface area (Å²) in [5, 5.41) is 17.3. The maximum atomic E-state index is 13.4. The zero-order valence-electron chi connectivity index (χ0n) is 16.8. The number of pyridine rings is 1. The number of nitrogens with zero attached hydrogens (tertiary/aromatic N) is 8. The van der Waals surface area contributed by atoms with Gasteiger partial charge in [-0.3, -0.25) is 9.48 Å². The summed E-state index contributed by atoms with van der Waals surface area (Å²) >= 11 is 6.11. The third kappa shape index (κ3) is 2.97. The number of rotatable bonds is 3. The van der Waals surface area contributed by atoms with Crippen LogP contribution in [-0.2, 0) is 13.5 Å². The first-order chi connectivity index (χ1) is 15.6. The number of nitrogens with one attached hydrogen (secondary N) is 1. The highest BCUT2D eigenvalue weighted by Gasteiger charge is 2.38. The zero-order valence-corrected chi connectivity index (χ0v) is 17.6. The van der Waals surface area contributed by atoms with Crippen molar-refractivity contribution in [3.63, 3.8) is 0 Å². The molecule has 0 saturated heterocycles. The number of amides is 1. The molecule has 1 amide bonds. The van der Waals surface area contributed by atoms with Gasteiger partial charge in [-0.05, 0) is 18.2 Å². The van der Waals surface area contributed by atoms with E-state index in [2.05, 4.69) is 30.4 Å². The van der Waals surface area contributed by atoms with Crippen LogP contribution in [0.5, 0.6) is 0 Å². The van der Waals surface area contributed by atoms with Gasteiger partial charge >= 0.3 is 11.8 Å². The molecule has 6 rings (SSSR count). The quantitative estimate of drug-likeness (QED) is 0.448. The summed E-state index contributed by atoms with van der Waals surface area (Å²) in [5.74, 6) is -0.251. The summed E-state index contributed by atoms with van der Waals surface area (Å²) < 4.78 is 9.00. The number of aromatic nitrogens is 8. The molecule has 1 atom stereocenters. The van der Waals surface area contributed by atoms with Gasteiger partial charge in [0.15, 0.2) is 0 Å². The highest BCUT2D eigenvalue weighted by atomic mass is 35.5. The Balaban J connectivity index is 1.40. The lowest BCUT2D eigenvalue weighted by Gasteiger charge is -2.32. The predicted octanol–water partition coefficient (Wildman–Crippen LogP) is 2.28. The predicted molar refractivity (Wildman–Crippen MR) is 112 cm³/mol. The molecule has 0 bridgehead atoms.